The summed E-state index contributed by atoms with van der Waals surface area (Å²) in [6.45, 7) is 3.63. The van der Waals surface area contributed by atoms with Crippen LogP contribution < -0.4 is 10.6 Å². The van der Waals surface area contributed by atoms with Gasteiger partial charge in [0.1, 0.15) is 5.82 Å². The van der Waals surface area contributed by atoms with Gasteiger partial charge in [-0.05, 0) is 49.2 Å². The lowest BCUT2D eigenvalue weighted by molar-refractivity contribution is -0.133. The Kier molecular flexibility index (Phi) is 4.55. The molecule has 0 bridgehead atoms. The summed E-state index contributed by atoms with van der Waals surface area (Å²) >= 11 is 5.96. The van der Waals surface area contributed by atoms with E-state index in [4.69, 9.17) is 11.6 Å². The summed E-state index contributed by atoms with van der Waals surface area (Å²) in [5, 5.41) is 5.49. The minimum Gasteiger partial charge on any atom is -0.317 e. The van der Waals surface area contributed by atoms with E-state index in [-0.39, 0.29) is 0 Å². The van der Waals surface area contributed by atoms with Crippen LogP contribution in [0.3, 0.4) is 0 Å². The van der Waals surface area contributed by atoms with E-state index in [9.17, 15) is 9.59 Å². The quantitative estimate of drug-likeness (QED) is 0.838. The molecule has 0 spiro atoms. The van der Waals surface area contributed by atoms with Gasteiger partial charge in [-0.1, -0.05) is 17.7 Å². The molecule has 2 N–H and O–H groups in total. The summed E-state index contributed by atoms with van der Waals surface area (Å²) in [4.78, 5) is 27.7. The molecule has 2 rings (SSSR count). The second-order valence-corrected chi connectivity index (χ2v) is 4.95. The minimum atomic E-state index is -0.785. The topological polar surface area (TPSA) is 71.1 Å². The van der Waals surface area contributed by atoms with Crippen LogP contribution in [0.1, 0.15) is 11.1 Å². The molecule has 0 aliphatic rings. The SMILES string of the molecule is Cc1ccnc(NC(=O)C(=O)Nc2cccc(Cl)c2C)c1. The van der Waals surface area contributed by atoms with Gasteiger partial charge in [0, 0.05) is 16.9 Å². The minimum absolute atomic E-state index is 0.331. The van der Waals surface area contributed by atoms with Crippen LogP contribution in [0.2, 0.25) is 5.02 Å². The standard InChI is InChI=1S/C15H14ClN3O2/c1-9-6-7-17-13(8-9)19-15(21)14(20)18-12-5-3-4-11(16)10(12)2/h3-8H,1-2H3,(H,18,20)(H,17,19,21). The summed E-state index contributed by atoms with van der Waals surface area (Å²) in [6, 6.07) is 8.56. The van der Waals surface area contributed by atoms with Gasteiger partial charge in [-0.25, -0.2) is 4.98 Å². The molecule has 0 atom stereocenters. The lowest BCUT2D eigenvalue weighted by Crippen LogP contribution is -2.29. The Morgan fingerprint density at radius 1 is 1.10 bits per heavy atom. The van der Waals surface area contributed by atoms with Gasteiger partial charge in [0.15, 0.2) is 0 Å². The summed E-state index contributed by atoms with van der Waals surface area (Å²) in [7, 11) is 0. The smallest absolute Gasteiger partial charge is 0.315 e. The van der Waals surface area contributed by atoms with E-state index in [0.717, 1.165) is 5.56 Å². The summed E-state index contributed by atoms with van der Waals surface area (Å²) in [6.07, 6.45) is 1.56. The fourth-order valence-electron chi connectivity index (χ4n) is 1.70. The molecule has 1 aromatic heterocycles. The monoisotopic (exact) mass is 303 g/mol. The molecule has 108 valence electrons. The van der Waals surface area contributed by atoms with Crippen LogP contribution in [-0.2, 0) is 9.59 Å². The number of carbonyl (C=O) groups excluding carboxylic acids is 2. The highest BCUT2D eigenvalue weighted by atomic mass is 35.5. The van der Waals surface area contributed by atoms with Crippen LogP contribution in [0.4, 0.5) is 11.5 Å². The van der Waals surface area contributed by atoms with Gasteiger partial charge in [0.05, 0.1) is 0 Å². The molecule has 0 aliphatic carbocycles. The number of nitrogens with one attached hydrogen (secondary N) is 2. The molecule has 5 nitrogen and oxygen atoms in total. The average molecular weight is 304 g/mol. The molecule has 0 saturated heterocycles. The number of aryl methyl sites for hydroxylation is 1. The lowest BCUT2D eigenvalue weighted by atomic mass is 10.2. The van der Waals surface area contributed by atoms with E-state index in [0.29, 0.717) is 22.1 Å². The van der Waals surface area contributed by atoms with Crippen LogP contribution in [0.5, 0.6) is 0 Å². The van der Waals surface area contributed by atoms with Crippen molar-refractivity contribution in [3.05, 3.63) is 52.7 Å². The Morgan fingerprint density at radius 3 is 2.52 bits per heavy atom. The highest BCUT2D eigenvalue weighted by Gasteiger charge is 2.16. The van der Waals surface area contributed by atoms with Crippen LogP contribution in [-0.4, -0.2) is 16.8 Å². The van der Waals surface area contributed by atoms with Crippen molar-refractivity contribution in [3.8, 4) is 0 Å². The Labute approximate surface area is 127 Å². The van der Waals surface area contributed by atoms with E-state index < -0.39 is 11.8 Å². The Hall–Kier alpha value is -2.40. The van der Waals surface area contributed by atoms with E-state index in [1.165, 1.54) is 0 Å². The molecular weight excluding hydrogens is 290 g/mol. The molecule has 1 aromatic carbocycles. The molecule has 0 aliphatic heterocycles. The summed E-state index contributed by atoms with van der Waals surface area (Å²) in [5.74, 6) is -1.23. The first-order valence-electron chi connectivity index (χ1n) is 6.27. The predicted octanol–water partition coefficient (Wildman–Crippen LogP) is 2.93. The van der Waals surface area contributed by atoms with Crippen LogP contribution in [0.25, 0.3) is 0 Å². The van der Waals surface area contributed by atoms with Crippen molar-refractivity contribution >= 4 is 34.9 Å². The van der Waals surface area contributed by atoms with Crippen LogP contribution >= 0.6 is 11.6 Å². The van der Waals surface area contributed by atoms with E-state index in [1.807, 2.05) is 6.92 Å². The van der Waals surface area contributed by atoms with Gasteiger partial charge >= 0.3 is 11.8 Å². The molecule has 1 heterocycles. The normalized spacial score (nSPS) is 10.0. The highest BCUT2D eigenvalue weighted by molar-refractivity contribution is 6.43. The van der Waals surface area contributed by atoms with Gasteiger partial charge in [-0.3, -0.25) is 9.59 Å². The van der Waals surface area contributed by atoms with Gasteiger partial charge in [0.25, 0.3) is 0 Å². The zero-order valence-electron chi connectivity index (χ0n) is 11.6. The third kappa shape index (κ3) is 3.79. The maximum absolute atomic E-state index is 11.9. The number of rotatable bonds is 2. The van der Waals surface area contributed by atoms with Crippen molar-refractivity contribution in [3.63, 3.8) is 0 Å². The molecule has 0 saturated carbocycles. The average Bonchev–Trinajstić information content (AvgIpc) is 2.44. The Morgan fingerprint density at radius 2 is 1.81 bits per heavy atom. The zero-order chi connectivity index (χ0) is 15.4. The van der Waals surface area contributed by atoms with Crippen molar-refractivity contribution in [2.45, 2.75) is 13.8 Å². The molecule has 0 radical (unpaired) electrons. The maximum atomic E-state index is 11.9. The highest BCUT2D eigenvalue weighted by Crippen LogP contribution is 2.22. The van der Waals surface area contributed by atoms with Crippen LogP contribution in [0, 0.1) is 13.8 Å². The second-order valence-electron chi connectivity index (χ2n) is 4.54. The van der Waals surface area contributed by atoms with Crippen LogP contribution in [0.15, 0.2) is 36.5 Å². The van der Waals surface area contributed by atoms with Crippen molar-refractivity contribution in [1.82, 2.24) is 4.98 Å². The van der Waals surface area contributed by atoms with Gasteiger partial charge < -0.3 is 10.6 Å². The molecular formula is C15H14ClN3O2. The number of aromatic nitrogens is 1. The van der Waals surface area contributed by atoms with E-state index in [2.05, 4.69) is 15.6 Å². The number of halogens is 1. The number of amides is 2. The van der Waals surface area contributed by atoms with Gasteiger partial charge in [-0.15, -0.1) is 0 Å². The molecule has 2 amide bonds. The molecule has 2 aromatic rings. The number of anilines is 2. The second kappa shape index (κ2) is 6.37. The van der Waals surface area contributed by atoms with Crippen molar-refractivity contribution < 1.29 is 9.59 Å². The van der Waals surface area contributed by atoms with E-state index in [1.54, 1.807) is 43.5 Å². The van der Waals surface area contributed by atoms with E-state index >= 15 is 0 Å². The number of hydrogen-bond acceptors (Lipinski definition) is 3. The fraction of sp³-hybridized carbons (Fsp3) is 0.133. The predicted molar refractivity (Wildman–Crippen MR) is 82.4 cm³/mol. The largest absolute Gasteiger partial charge is 0.317 e. The van der Waals surface area contributed by atoms with Gasteiger partial charge in [-0.2, -0.15) is 0 Å². The third-order valence-electron chi connectivity index (χ3n) is 2.88. The molecule has 0 unspecified atom stereocenters. The molecule has 6 heteroatoms. The number of hydrogen-bond donors (Lipinski definition) is 2. The molecule has 0 fully saturated rings. The first-order chi connectivity index (χ1) is 9.97. The third-order valence-corrected chi connectivity index (χ3v) is 3.29. The number of pyridine rings is 1. The zero-order valence-corrected chi connectivity index (χ0v) is 12.4. The van der Waals surface area contributed by atoms with Crippen molar-refractivity contribution in [1.29, 1.82) is 0 Å². The first-order valence-corrected chi connectivity index (χ1v) is 6.65. The summed E-state index contributed by atoms with van der Waals surface area (Å²) < 4.78 is 0. The Balaban J connectivity index is 2.06. The van der Waals surface area contributed by atoms with Crippen molar-refractivity contribution in [2.75, 3.05) is 10.6 Å². The number of nitrogens with zero attached hydrogens (tertiary/aromatic N) is 1. The fourth-order valence-corrected chi connectivity index (χ4v) is 1.87. The van der Waals surface area contributed by atoms with Gasteiger partial charge in [0.2, 0.25) is 0 Å². The lowest BCUT2D eigenvalue weighted by Gasteiger charge is -2.09. The molecule has 21 heavy (non-hydrogen) atoms. The van der Waals surface area contributed by atoms with Crippen molar-refractivity contribution in [2.24, 2.45) is 0 Å². The first kappa shape index (κ1) is 15.0. The maximum Gasteiger partial charge on any atom is 0.315 e. The number of benzene rings is 1. The summed E-state index contributed by atoms with van der Waals surface area (Å²) in [5.41, 5.74) is 2.14. The Bertz CT molecular complexity index is 701. The number of carbonyl (C=O) groups is 2.